The zero-order valence-corrected chi connectivity index (χ0v) is 14.4. The van der Waals surface area contributed by atoms with Gasteiger partial charge >= 0.3 is 0 Å². The molecule has 1 aliphatic heterocycles. The van der Waals surface area contributed by atoms with Crippen molar-refractivity contribution in [1.82, 2.24) is 4.98 Å². The molecule has 0 spiro atoms. The molecule has 0 amide bonds. The molecule has 1 aliphatic rings. The van der Waals surface area contributed by atoms with Gasteiger partial charge in [0.1, 0.15) is 17.3 Å². The molecule has 5 heteroatoms. The Labute approximate surface area is 152 Å². The molecule has 1 N–H and O–H groups in total. The lowest BCUT2D eigenvalue weighted by molar-refractivity contribution is 0.414. The van der Waals surface area contributed by atoms with Gasteiger partial charge in [-0.2, -0.15) is 5.10 Å². The van der Waals surface area contributed by atoms with Crippen molar-refractivity contribution < 1.29 is 9.84 Å². The van der Waals surface area contributed by atoms with Crippen molar-refractivity contribution in [2.45, 2.75) is 12.5 Å². The maximum absolute atomic E-state index is 10.2. The summed E-state index contributed by atoms with van der Waals surface area (Å²) >= 11 is 0. The Bertz CT molecular complexity index is 924. The normalized spacial score (nSPS) is 16.4. The largest absolute Gasteiger partial charge is 0.507 e. The van der Waals surface area contributed by atoms with E-state index in [4.69, 9.17) is 9.84 Å². The molecule has 0 saturated heterocycles. The molecule has 2 heterocycles. The number of anilines is 1. The molecule has 1 unspecified atom stereocenters. The van der Waals surface area contributed by atoms with Crippen LogP contribution in [0.5, 0.6) is 11.5 Å². The highest BCUT2D eigenvalue weighted by Crippen LogP contribution is 2.37. The molecule has 5 nitrogen and oxygen atoms in total. The second-order valence-electron chi connectivity index (χ2n) is 6.09. The fourth-order valence-electron chi connectivity index (χ4n) is 3.18. The molecule has 1 aromatic heterocycles. The molecule has 0 radical (unpaired) electrons. The Kier molecular flexibility index (Phi) is 4.27. The Hall–Kier alpha value is -3.34. The van der Waals surface area contributed by atoms with Crippen molar-refractivity contribution in [2.75, 3.05) is 12.1 Å². The van der Waals surface area contributed by atoms with Crippen molar-refractivity contribution in [2.24, 2.45) is 5.10 Å². The summed E-state index contributed by atoms with van der Waals surface area (Å²) in [5, 5.41) is 16.9. The van der Waals surface area contributed by atoms with Crippen molar-refractivity contribution in [3.05, 3.63) is 84.1 Å². The fraction of sp³-hybridized carbons (Fsp3) is 0.143. The summed E-state index contributed by atoms with van der Waals surface area (Å²) in [5.41, 5.74) is 2.71. The van der Waals surface area contributed by atoms with Gasteiger partial charge in [0.15, 0.2) is 0 Å². The Morgan fingerprint density at radius 3 is 2.46 bits per heavy atom. The minimum absolute atomic E-state index is 0.00501. The van der Waals surface area contributed by atoms with Gasteiger partial charge in [0, 0.05) is 18.2 Å². The van der Waals surface area contributed by atoms with Crippen LogP contribution in [-0.2, 0) is 0 Å². The quantitative estimate of drug-likeness (QED) is 0.772. The molecule has 3 aromatic rings. The number of rotatable bonds is 4. The van der Waals surface area contributed by atoms with E-state index in [-0.39, 0.29) is 11.8 Å². The average Bonchev–Trinajstić information content (AvgIpc) is 3.14. The van der Waals surface area contributed by atoms with Crippen molar-refractivity contribution in [3.63, 3.8) is 0 Å². The molecule has 0 aliphatic carbocycles. The Morgan fingerprint density at radius 2 is 1.77 bits per heavy atom. The number of nitrogens with zero attached hydrogens (tertiary/aromatic N) is 3. The molecule has 130 valence electrons. The van der Waals surface area contributed by atoms with Crippen molar-refractivity contribution >= 4 is 11.5 Å². The van der Waals surface area contributed by atoms with E-state index in [2.05, 4.69) is 4.98 Å². The topological polar surface area (TPSA) is 58.0 Å². The summed E-state index contributed by atoms with van der Waals surface area (Å²) in [5.74, 6) is 1.83. The Balaban J connectivity index is 1.74. The summed E-state index contributed by atoms with van der Waals surface area (Å²) in [6.45, 7) is 0. The van der Waals surface area contributed by atoms with Crippen LogP contribution in [0.15, 0.2) is 78.0 Å². The zero-order chi connectivity index (χ0) is 17.9. The van der Waals surface area contributed by atoms with E-state index in [1.165, 1.54) is 0 Å². The number of aromatic nitrogens is 1. The number of phenols is 1. The van der Waals surface area contributed by atoms with E-state index in [1.807, 2.05) is 65.7 Å². The van der Waals surface area contributed by atoms with Crippen LogP contribution in [0.2, 0.25) is 0 Å². The highest BCUT2D eigenvalue weighted by atomic mass is 16.5. The number of hydrogen-bond acceptors (Lipinski definition) is 5. The number of hydrogen-bond donors (Lipinski definition) is 1. The third kappa shape index (κ3) is 2.99. The minimum Gasteiger partial charge on any atom is -0.507 e. The van der Waals surface area contributed by atoms with Gasteiger partial charge in [0.25, 0.3) is 0 Å². The molecule has 26 heavy (non-hydrogen) atoms. The van der Waals surface area contributed by atoms with Crippen LogP contribution < -0.4 is 9.75 Å². The summed E-state index contributed by atoms with van der Waals surface area (Å²) in [6.07, 6.45) is 2.44. The van der Waals surface area contributed by atoms with E-state index in [9.17, 15) is 5.11 Å². The lowest BCUT2D eigenvalue weighted by atomic mass is 9.98. The molecule has 2 aromatic carbocycles. The molecule has 1 atom stereocenters. The van der Waals surface area contributed by atoms with Gasteiger partial charge in [-0.15, -0.1) is 0 Å². The Morgan fingerprint density at radius 1 is 1.00 bits per heavy atom. The molecular weight excluding hydrogens is 326 g/mol. The van der Waals surface area contributed by atoms with E-state index in [0.717, 1.165) is 28.4 Å². The SMILES string of the molecule is COc1ccc(C2CC(c3ccccc3O)=NN2c2ccccn2)cc1. The average molecular weight is 345 g/mol. The first-order chi connectivity index (χ1) is 12.8. The number of ether oxygens (including phenoxy) is 1. The molecular formula is C21H19N3O2. The predicted molar refractivity (Wildman–Crippen MR) is 102 cm³/mol. The second kappa shape index (κ2) is 6.88. The number of hydrazone groups is 1. The van der Waals surface area contributed by atoms with E-state index < -0.39 is 0 Å². The predicted octanol–water partition coefficient (Wildman–Crippen LogP) is 4.15. The van der Waals surface area contributed by atoms with Gasteiger partial charge in [-0.3, -0.25) is 0 Å². The van der Waals surface area contributed by atoms with Gasteiger partial charge in [-0.05, 0) is 42.0 Å². The third-order valence-corrected chi connectivity index (χ3v) is 4.51. The van der Waals surface area contributed by atoms with Gasteiger partial charge in [0.2, 0.25) is 0 Å². The standard InChI is InChI=1S/C21H19N3O2/c1-26-16-11-9-15(10-12-16)19-14-18(17-6-2-3-7-20(17)25)23-24(19)21-8-4-5-13-22-21/h2-13,19,25H,14H2,1H3. The maximum atomic E-state index is 10.2. The number of phenolic OH excluding ortho intramolecular Hbond substituents is 1. The second-order valence-corrected chi connectivity index (χ2v) is 6.09. The van der Waals surface area contributed by atoms with E-state index >= 15 is 0 Å². The first-order valence-electron chi connectivity index (χ1n) is 8.46. The lowest BCUT2D eigenvalue weighted by Crippen LogP contribution is -2.19. The smallest absolute Gasteiger partial charge is 0.149 e. The van der Waals surface area contributed by atoms with E-state index in [1.54, 1.807) is 19.4 Å². The van der Waals surface area contributed by atoms with Gasteiger partial charge in [-0.1, -0.05) is 30.3 Å². The molecule has 0 bridgehead atoms. The van der Waals surface area contributed by atoms with Crippen LogP contribution in [0.25, 0.3) is 0 Å². The first-order valence-corrected chi connectivity index (χ1v) is 8.46. The maximum Gasteiger partial charge on any atom is 0.149 e. The van der Waals surface area contributed by atoms with Crippen molar-refractivity contribution in [1.29, 1.82) is 0 Å². The highest BCUT2D eigenvalue weighted by Gasteiger charge is 2.31. The van der Waals surface area contributed by atoms with Crippen LogP contribution >= 0.6 is 0 Å². The van der Waals surface area contributed by atoms with Crippen LogP contribution in [0.1, 0.15) is 23.6 Å². The summed E-state index contributed by atoms with van der Waals surface area (Å²) < 4.78 is 5.26. The number of para-hydroxylation sites is 1. The number of pyridine rings is 1. The fourth-order valence-corrected chi connectivity index (χ4v) is 3.18. The summed E-state index contributed by atoms with van der Waals surface area (Å²) in [4.78, 5) is 4.45. The van der Waals surface area contributed by atoms with Crippen LogP contribution in [0.3, 0.4) is 0 Å². The lowest BCUT2D eigenvalue weighted by Gasteiger charge is -2.23. The summed E-state index contributed by atoms with van der Waals surface area (Å²) in [7, 11) is 1.66. The van der Waals surface area contributed by atoms with Gasteiger partial charge in [-0.25, -0.2) is 9.99 Å². The van der Waals surface area contributed by atoms with Crippen molar-refractivity contribution in [3.8, 4) is 11.5 Å². The van der Waals surface area contributed by atoms with Crippen LogP contribution in [0.4, 0.5) is 5.82 Å². The van der Waals surface area contributed by atoms with Crippen LogP contribution in [-0.4, -0.2) is 22.9 Å². The van der Waals surface area contributed by atoms with Crippen LogP contribution in [0, 0.1) is 0 Å². The van der Waals surface area contributed by atoms with Gasteiger partial charge in [0.05, 0.1) is 18.9 Å². The summed E-state index contributed by atoms with van der Waals surface area (Å²) in [6, 6.07) is 21.1. The third-order valence-electron chi connectivity index (χ3n) is 4.51. The monoisotopic (exact) mass is 345 g/mol. The minimum atomic E-state index is 0.00501. The number of benzene rings is 2. The molecule has 4 rings (SSSR count). The number of methoxy groups -OCH3 is 1. The van der Waals surface area contributed by atoms with E-state index in [0.29, 0.717) is 6.42 Å². The molecule has 0 fully saturated rings. The van der Waals surface area contributed by atoms with Gasteiger partial charge < -0.3 is 9.84 Å². The highest BCUT2D eigenvalue weighted by molar-refractivity contribution is 6.05. The molecule has 0 saturated carbocycles. The number of aromatic hydroxyl groups is 1. The first kappa shape index (κ1) is 16.1. The zero-order valence-electron chi connectivity index (χ0n) is 14.4.